The van der Waals surface area contributed by atoms with Gasteiger partial charge in [0.15, 0.2) is 0 Å². The number of allylic oxidation sites excluding steroid dienone is 1. The molecule has 4 heterocycles. The Bertz CT molecular complexity index is 2950. The number of carbonyl (C=O) groups excluding carboxylic acids is 4. The van der Waals surface area contributed by atoms with Crippen LogP contribution in [0.3, 0.4) is 0 Å². The van der Waals surface area contributed by atoms with Crippen LogP contribution in [0.5, 0.6) is 0 Å². The molecule has 82 heavy (non-hydrogen) atoms. The van der Waals surface area contributed by atoms with Crippen LogP contribution in [0.1, 0.15) is 83.8 Å². The maximum absolute atomic E-state index is 13.7. The monoisotopic (exact) mass is 1160 g/mol. The molecule has 3 aromatic carbocycles. The average molecular weight is 1160 g/mol. The second-order valence-electron chi connectivity index (χ2n) is 19.9. The first-order valence-corrected chi connectivity index (χ1v) is 28.1. The molecule has 1 saturated carbocycles. The van der Waals surface area contributed by atoms with E-state index in [9.17, 15) is 24.6 Å². The molecule has 2 aliphatic heterocycles. The zero-order valence-corrected chi connectivity index (χ0v) is 48.5. The number of halogens is 2. The second kappa shape index (κ2) is 32.8. The van der Waals surface area contributed by atoms with Gasteiger partial charge >= 0.3 is 18.9 Å². The van der Waals surface area contributed by atoms with E-state index in [1.54, 1.807) is 30.2 Å². The topological polar surface area (TPSA) is 267 Å². The van der Waals surface area contributed by atoms with E-state index >= 15 is 0 Å². The molecule has 3 aliphatic rings. The summed E-state index contributed by atoms with van der Waals surface area (Å²) in [4.78, 5) is 68.8. The van der Waals surface area contributed by atoms with Gasteiger partial charge in [0.05, 0.1) is 81.6 Å². The van der Waals surface area contributed by atoms with Gasteiger partial charge in [0.2, 0.25) is 17.7 Å². The van der Waals surface area contributed by atoms with E-state index in [4.69, 9.17) is 74.3 Å². The average Bonchev–Trinajstić information content (AvgIpc) is 4.19. The van der Waals surface area contributed by atoms with E-state index in [1.165, 1.54) is 0 Å². The van der Waals surface area contributed by atoms with Gasteiger partial charge in [-0.05, 0) is 78.4 Å². The van der Waals surface area contributed by atoms with Gasteiger partial charge in [0.25, 0.3) is 5.91 Å². The molecule has 4 atom stereocenters. The summed E-state index contributed by atoms with van der Waals surface area (Å²) in [5.41, 5.74) is 12.7. The van der Waals surface area contributed by atoms with Crippen molar-refractivity contribution < 1.29 is 66.8 Å². The SMILES string of the molecule is [CH-]=C(C=[N-])c1cc(Cl)c(Cl)c2[nH]c3c(c12)CN(C(=O)CO)CC3.[CH2-]COCCOCCOCCOCCNC(=O)Cc1nc(C(C)NC(=O)c2ccc(-c3ccc(N)cc3)cc2)cc(N2[C@H](C(=O)NCCOC)CC3CCCC[C@@H]32)n1.[Li+]. The van der Waals surface area contributed by atoms with Gasteiger partial charge in [-0.3, -0.25) is 19.2 Å². The van der Waals surface area contributed by atoms with Gasteiger partial charge in [-0.15, -0.1) is 5.56 Å². The molecule has 436 valence electrons. The number of fused-ring (bicyclic) bond motifs is 4. The summed E-state index contributed by atoms with van der Waals surface area (Å²) < 4.78 is 26.8. The smallest absolute Gasteiger partial charge is 0.879 e. The Morgan fingerprint density at radius 1 is 0.915 bits per heavy atom. The normalized spacial score (nSPS) is 16.7. The Labute approximate surface area is 501 Å². The van der Waals surface area contributed by atoms with Crippen molar-refractivity contribution in [3.8, 4) is 11.1 Å². The van der Waals surface area contributed by atoms with Crippen LogP contribution in [0.25, 0.3) is 33.0 Å². The molecule has 1 aliphatic carbocycles. The van der Waals surface area contributed by atoms with Crippen LogP contribution >= 0.6 is 23.2 Å². The van der Waals surface area contributed by atoms with Crippen LogP contribution in [0.2, 0.25) is 10.0 Å². The number of nitrogens with two attached hydrogens (primary N) is 1. The number of nitrogens with zero attached hydrogens (tertiary/aromatic N) is 5. The van der Waals surface area contributed by atoms with Gasteiger partial charge < -0.3 is 83.8 Å². The van der Waals surface area contributed by atoms with E-state index < -0.39 is 18.7 Å². The first-order chi connectivity index (χ1) is 39.2. The molecule has 2 fully saturated rings. The Morgan fingerprint density at radius 2 is 1.56 bits per heavy atom. The number of ether oxygens (including phenoxy) is 5. The molecular weight excluding hydrogens is 1090 g/mol. The number of rotatable bonds is 27. The number of H-pyrrole nitrogens is 1. The molecule has 23 heteroatoms. The number of aliphatic hydroxyl groups excluding tert-OH is 1. The molecule has 2 unspecified atom stereocenters. The largest absolute Gasteiger partial charge is 1.00 e. The number of amides is 4. The molecule has 1 saturated heterocycles. The first-order valence-electron chi connectivity index (χ1n) is 27.3. The summed E-state index contributed by atoms with van der Waals surface area (Å²) in [6, 6.07) is 17.5. The molecule has 8 rings (SSSR count). The molecule has 0 spiro atoms. The van der Waals surface area contributed by atoms with Gasteiger partial charge in [0.1, 0.15) is 24.3 Å². The molecule has 0 radical (unpaired) electrons. The van der Waals surface area contributed by atoms with Crippen molar-refractivity contribution in [2.45, 2.75) is 76.5 Å². The fourth-order valence-corrected chi connectivity index (χ4v) is 10.8. The van der Waals surface area contributed by atoms with Crippen LogP contribution in [0.4, 0.5) is 11.5 Å². The first kappa shape index (κ1) is 65.3. The van der Waals surface area contributed by atoms with Gasteiger partial charge in [-0.1, -0.05) is 73.0 Å². The summed E-state index contributed by atoms with van der Waals surface area (Å²) in [5, 5.41) is 28.7. The van der Waals surface area contributed by atoms with Crippen LogP contribution in [-0.2, 0) is 57.5 Å². The predicted octanol–water partition coefficient (Wildman–Crippen LogP) is 3.49. The minimum atomic E-state index is -0.540. The minimum Gasteiger partial charge on any atom is -0.879 e. The number of aromatic amines is 1. The van der Waals surface area contributed by atoms with Gasteiger partial charge in [-0.2, -0.15) is 0 Å². The van der Waals surface area contributed by atoms with Gasteiger partial charge in [0, 0.05) is 73.8 Å². The van der Waals surface area contributed by atoms with Crippen molar-refractivity contribution in [1.29, 1.82) is 0 Å². The number of hydrogen-bond acceptors (Lipinski definition) is 14. The van der Waals surface area contributed by atoms with Crippen LogP contribution in [-0.4, -0.2) is 160 Å². The summed E-state index contributed by atoms with van der Waals surface area (Å²) in [6.07, 6.45) is 6.18. The van der Waals surface area contributed by atoms with E-state index in [0.29, 0.717) is 154 Å². The van der Waals surface area contributed by atoms with E-state index in [1.807, 2.05) is 49.4 Å². The number of aromatic nitrogens is 3. The molecule has 20 nitrogen and oxygen atoms in total. The van der Waals surface area contributed by atoms with E-state index in [0.717, 1.165) is 59.7 Å². The zero-order valence-electron chi connectivity index (χ0n) is 47.0. The molecular formula is C59H73Cl2LiN10O10-2. The number of carbonyl (C=O) groups is 4. The van der Waals surface area contributed by atoms with Crippen LogP contribution < -0.4 is 45.4 Å². The predicted molar refractivity (Wildman–Crippen MR) is 313 cm³/mol. The van der Waals surface area contributed by atoms with Crippen LogP contribution in [0, 0.1) is 19.4 Å². The van der Waals surface area contributed by atoms with E-state index in [-0.39, 0.29) is 60.5 Å². The minimum absolute atomic E-state index is 0. The van der Waals surface area contributed by atoms with Crippen molar-refractivity contribution in [1.82, 2.24) is 35.8 Å². The Morgan fingerprint density at radius 3 is 2.22 bits per heavy atom. The Kier molecular flexibility index (Phi) is 26.1. The number of aliphatic hydroxyl groups is 1. The molecule has 2 aromatic heterocycles. The summed E-state index contributed by atoms with van der Waals surface area (Å²) in [7, 11) is 1.60. The number of methoxy groups -OCH3 is 1. The molecule has 4 amide bonds. The van der Waals surface area contributed by atoms with Crippen molar-refractivity contribution in [2.75, 3.05) is 103 Å². The molecule has 7 N–H and O–H groups in total. The Balaban J connectivity index is 0.000000374. The fourth-order valence-electron chi connectivity index (χ4n) is 10.4. The van der Waals surface area contributed by atoms with E-state index in [2.05, 4.69) is 32.8 Å². The number of hydrogen-bond donors (Lipinski definition) is 6. The maximum atomic E-state index is 13.7. The van der Waals surface area contributed by atoms with Crippen molar-refractivity contribution in [3.05, 3.63) is 124 Å². The zero-order chi connectivity index (χ0) is 57.8. The maximum Gasteiger partial charge on any atom is 1.00 e. The quantitative estimate of drug-likeness (QED) is 0.0145. The standard InChI is InChI=1S/C43H60N7O8.C16H13Cl2N3O2.Li/c1-4-55-21-22-57-25-26-58-24-23-56-20-18-45-41(51)29-39-48-36(30(2)47-42(52)33-11-9-31(10-12-33)32-13-15-35(44)16-14-32)28-40(49-39)50-37-8-6-5-7-34(37)27-38(50)43(53)46-17-19-54-3;1-8(5-19)9-4-11(17)15(18)16-14(9)10-6-21(13(23)7-22)3-2-12(10)20-16;/h9-16,28,30,34,37-38H,1,4-8,17-27,29,44H2,2-3H3,(H,45,51)(H,46,53)(H,47,52);1,4-5,20,22H,2-3,6-7H2;/q-1;-2;+1/t30?,34?,37-,38-;;/m0../s1. The van der Waals surface area contributed by atoms with Crippen molar-refractivity contribution >= 4 is 81.0 Å². The molecule has 5 aromatic rings. The van der Waals surface area contributed by atoms with Gasteiger partial charge in [-0.25, -0.2) is 22.1 Å². The number of nitrogen functional groups attached to an aromatic ring is 1. The summed E-state index contributed by atoms with van der Waals surface area (Å²) in [6.45, 7) is 16.2. The fraction of sp³-hybridized carbons (Fsp3) is 0.458. The van der Waals surface area contributed by atoms with Crippen LogP contribution in [0.15, 0.2) is 60.7 Å². The van der Waals surface area contributed by atoms with Crippen molar-refractivity contribution in [3.63, 3.8) is 0 Å². The summed E-state index contributed by atoms with van der Waals surface area (Å²) in [5.74, 6) is 0.254. The third kappa shape index (κ3) is 17.6. The van der Waals surface area contributed by atoms with Crippen molar-refractivity contribution in [2.24, 2.45) is 5.92 Å². The number of nitrogens with one attached hydrogen (secondary N) is 4. The second-order valence-corrected chi connectivity index (χ2v) is 20.6. The number of anilines is 2. The third-order valence-corrected chi connectivity index (χ3v) is 15.2. The number of benzene rings is 3. The Hall–Kier alpha value is -5.89. The third-order valence-electron chi connectivity index (χ3n) is 14.4. The molecule has 0 bridgehead atoms. The summed E-state index contributed by atoms with van der Waals surface area (Å²) >= 11 is 12.4.